The van der Waals surface area contributed by atoms with Gasteiger partial charge in [-0.25, -0.2) is 0 Å². The molecule has 0 heterocycles. The molecule has 0 bridgehead atoms. The van der Waals surface area contributed by atoms with Crippen LogP contribution in [0.15, 0.2) is 297 Å². The average molecular weight is 976 g/mol. The second-order valence-electron chi connectivity index (χ2n) is 20.3. The summed E-state index contributed by atoms with van der Waals surface area (Å²) in [7, 11) is 0. The molecule has 0 saturated heterocycles. The van der Waals surface area contributed by atoms with Crippen molar-refractivity contribution in [2.75, 3.05) is 4.90 Å². The van der Waals surface area contributed by atoms with Crippen LogP contribution in [-0.4, -0.2) is 0 Å². The van der Waals surface area contributed by atoms with Crippen molar-refractivity contribution in [3.8, 4) is 55.6 Å². The maximum absolute atomic E-state index is 2.46. The van der Waals surface area contributed by atoms with E-state index < -0.39 is 0 Å². The van der Waals surface area contributed by atoms with Crippen molar-refractivity contribution >= 4 is 92.5 Å². The Kier molecular flexibility index (Phi) is 10.6. The van der Waals surface area contributed by atoms with E-state index in [-0.39, 0.29) is 0 Å². The topological polar surface area (TPSA) is 3.24 Å². The fourth-order valence-corrected chi connectivity index (χ4v) is 12.5. The van der Waals surface area contributed by atoms with Crippen LogP contribution in [0.4, 0.5) is 17.1 Å². The Morgan fingerprint density at radius 1 is 0.169 bits per heavy atom. The minimum atomic E-state index is 1.07. The van der Waals surface area contributed by atoms with Crippen molar-refractivity contribution < 1.29 is 0 Å². The van der Waals surface area contributed by atoms with Crippen molar-refractivity contribution in [2.24, 2.45) is 0 Å². The first-order valence-electron chi connectivity index (χ1n) is 26.6. The van der Waals surface area contributed by atoms with Crippen molar-refractivity contribution in [1.29, 1.82) is 0 Å². The van der Waals surface area contributed by atoms with E-state index in [1.165, 1.54) is 125 Å². The summed E-state index contributed by atoms with van der Waals surface area (Å²) < 4.78 is 0. The molecule has 15 aromatic carbocycles. The lowest BCUT2D eigenvalue weighted by Gasteiger charge is -2.28. The highest BCUT2D eigenvalue weighted by molar-refractivity contribution is 6.25. The molecule has 0 aliphatic rings. The van der Waals surface area contributed by atoms with Gasteiger partial charge in [0.15, 0.2) is 0 Å². The summed E-state index contributed by atoms with van der Waals surface area (Å²) in [5.74, 6) is 0. The zero-order chi connectivity index (χ0) is 50.8. The molecule has 0 saturated carbocycles. The molecule has 0 radical (unpaired) electrons. The Morgan fingerprint density at radius 3 is 1.13 bits per heavy atom. The van der Waals surface area contributed by atoms with E-state index in [0.717, 1.165) is 22.6 Å². The third-order valence-electron chi connectivity index (χ3n) is 16.0. The van der Waals surface area contributed by atoms with Crippen LogP contribution in [0.3, 0.4) is 0 Å². The van der Waals surface area contributed by atoms with E-state index in [9.17, 15) is 0 Å². The fourth-order valence-electron chi connectivity index (χ4n) is 12.5. The van der Waals surface area contributed by atoms with E-state index in [1.807, 2.05) is 0 Å². The molecular formula is C76H49N. The molecule has 1 nitrogen and oxygen atoms in total. The van der Waals surface area contributed by atoms with Gasteiger partial charge in [0.05, 0.1) is 0 Å². The van der Waals surface area contributed by atoms with Crippen molar-refractivity contribution in [2.45, 2.75) is 0 Å². The second-order valence-corrected chi connectivity index (χ2v) is 20.3. The summed E-state index contributed by atoms with van der Waals surface area (Å²) >= 11 is 0. The maximum atomic E-state index is 2.46. The zero-order valence-corrected chi connectivity index (χ0v) is 42.2. The van der Waals surface area contributed by atoms with Crippen molar-refractivity contribution in [1.82, 2.24) is 0 Å². The molecule has 0 amide bonds. The normalized spacial score (nSPS) is 11.6. The fraction of sp³-hybridized carbons (Fsp3) is 0. The highest BCUT2D eigenvalue weighted by Crippen LogP contribution is 2.50. The predicted octanol–water partition coefficient (Wildman–Crippen LogP) is 21.6. The number of anilines is 3. The largest absolute Gasteiger partial charge is 0.310 e. The maximum Gasteiger partial charge on any atom is 0.0468 e. The van der Waals surface area contributed by atoms with Crippen LogP contribution in [0.25, 0.3) is 131 Å². The third-order valence-corrected chi connectivity index (χ3v) is 16.0. The number of nitrogens with zero attached hydrogens (tertiary/aromatic N) is 1. The first kappa shape index (κ1) is 44.4. The van der Waals surface area contributed by atoms with Gasteiger partial charge in [0, 0.05) is 17.1 Å². The van der Waals surface area contributed by atoms with Gasteiger partial charge < -0.3 is 4.90 Å². The smallest absolute Gasteiger partial charge is 0.0468 e. The predicted molar refractivity (Wildman–Crippen MR) is 331 cm³/mol. The minimum Gasteiger partial charge on any atom is -0.310 e. The molecular weight excluding hydrogens is 927 g/mol. The number of rotatable bonds is 8. The molecule has 0 aromatic heterocycles. The van der Waals surface area contributed by atoms with Crippen LogP contribution in [0.5, 0.6) is 0 Å². The van der Waals surface area contributed by atoms with Crippen molar-refractivity contribution in [3.63, 3.8) is 0 Å². The monoisotopic (exact) mass is 975 g/mol. The standard InChI is InChI=1S/C76H49N/c1-2-18-50(19-3-1)53-40-42-60(43-41-53)77(61-27-16-26-57(48-61)73-67-31-12-14-33-69(67)76(70-34-15-13-32-68(70)73)64-35-17-25-54-22-8-9-28-63(54)64)62-44-45-71-72(49-62)75(59-39-37-52-21-5-7-24-56(52)47-59)66-30-11-10-29-65(66)74(71)58-38-36-51-20-4-6-23-55(51)46-58/h1-49H. The molecule has 15 aromatic rings. The molecule has 358 valence electrons. The van der Waals surface area contributed by atoms with Gasteiger partial charge >= 0.3 is 0 Å². The van der Waals surface area contributed by atoms with Crippen LogP contribution >= 0.6 is 0 Å². The molecule has 0 spiro atoms. The molecule has 77 heavy (non-hydrogen) atoms. The third kappa shape index (κ3) is 7.55. The van der Waals surface area contributed by atoms with E-state index in [2.05, 4.69) is 302 Å². The number of fused-ring (bicyclic) bond motifs is 7. The first-order valence-corrected chi connectivity index (χ1v) is 26.6. The van der Waals surface area contributed by atoms with Gasteiger partial charge in [-0.3, -0.25) is 0 Å². The highest BCUT2D eigenvalue weighted by atomic mass is 15.1. The molecule has 0 aliphatic carbocycles. The van der Waals surface area contributed by atoms with Gasteiger partial charge in [-0.15, -0.1) is 0 Å². The summed E-state index contributed by atoms with van der Waals surface area (Å²) in [6.45, 7) is 0. The van der Waals surface area contributed by atoms with E-state index in [0.29, 0.717) is 0 Å². The van der Waals surface area contributed by atoms with E-state index in [1.54, 1.807) is 0 Å². The Bertz CT molecular complexity index is 4740. The molecule has 15 rings (SSSR count). The summed E-state index contributed by atoms with van der Waals surface area (Å²) in [5.41, 5.74) is 15.4. The lowest BCUT2D eigenvalue weighted by atomic mass is 9.84. The van der Waals surface area contributed by atoms with Crippen LogP contribution < -0.4 is 4.90 Å². The lowest BCUT2D eigenvalue weighted by molar-refractivity contribution is 1.29. The molecule has 0 aliphatic heterocycles. The minimum absolute atomic E-state index is 1.07. The summed E-state index contributed by atoms with van der Waals surface area (Å²) in [4.78, 5) is 2.46. The lowest BCUT2D eigenvalue weighted by Crippen LogP contribution is -2.10. The Morgan fingerprint density at radius 2 is 0.545 bits per heavy atom. The van der Waals surface area contributed by atoms with Gasteiger partial charge in [-0.05, 0) is 180 Å². The van der Waals surface area contributed by atoms with Gasteiger partial charge in [0.2, 0.25) is 0 Å². The summed E-state index contributed by atoms with van der Waals surface area (Å²) in [6, 6.07) is 110. The zero-order valence-electron chi connectivity index (χ0n) is 42.2. The van der Waals surface area contributed by atoms with E-state index >= 15 is 0 Å². The van der Waals surface area contributed by atoms with Gasteiger partial charge in [-0.1, -0.05) is 249 Å². The summed E-state index contributed by atoms with van der Waals surface area (Å²) in [6.07, 6.45) is 0. The van der Waals surface area contributed by atoms with Crippen LogP contribution in [0, 0.1) is 0 Å². The molecule has 0 fully saturated rings. The van der Waals surface area contributed by atoms with Gasteiger partial charge in [-0.2, -0.15) is 0 Å². The Balaban J connectivity index is 0.988. The highest BCUT2D eigenvalue weighted by Gasteiger charge is 2.23. The van der Waals surface area contributed by atoms with Crippen molar-refractivity contribution in [3.05, 3.63) is 297 Å². The van der Waals surface area contributed by atoms with Gasteiger partial charge in [0.1, 0.15) is 0 Å². The SMILES string of the molecule is c1ccc(-c2ccc(N(c3cccc(-c4c5ccccc5c(-c5cccc6ccccc56)c5ccccc45)c3)c3ccc4c(-c5ccc6ccccc6c5)c5ccccc5c(-c5ccc6ccccc6c5)c4c3)cc2)cc1. The molecule has 0 N–H and O–H groups in total. The number of hydrogen-bond donors (Lipinski definition) is 0. The Labute approximate surface area is 447 Å². The molecule has 0 atom stereocenters. The first-order chi connectivity index (χ1) is 38.2. The average Bonchev–Trinajstić information content (AvgIpc) is 3.53. The van der Waals surface area contributed by atoms with Crippen LogP contribution in [0.2, 0.25) is 0 Å². The summed E-state index contributed by atoms with van der Waals surface area (Å²) in [5, 5.41) is 17.2. The molecule has 0 unspecified atom stereocenters. The van der Waals surface area contributed by atoms with Crippen LogP contribution in [0.1, 0.15) is 0 Å². The second kappa shape index (κ2) is 18.4. The van der Waals surface area contributed by atoms with Gasteiger partial charge in [0.25, 0.3) is 0 Å². The van der Waals surface area contributed by atoms with Crippen LogP contribution in [-0.2, 0) is 0 Å². The number of benzene rings is 15. The molecule has 1 heteroatoms. The Hall–Kier alpha value is -10.1. The quantitative estimate of drug-likeness (QED) is 0.137. The number of hydrogen-bond acceptors (Lipinski definition) is 1. The van der Waals surface area contributed by atoms with E-state index in [4.69, 9.17) is 0 Å².